The Hall–Kier alpha value is -0.860. The SMILES string of the molecule is CCOC1CCN(c2nnc(SCC(=O)O)s2)CC1. The van der Waals surface area contributed by atoms with E-state index in [1.165, 1.54) is 23.1 Å². The zero-order valence-electron chi connectivity index (χ0n) is 10.7. The van der Waals surface area contributed by atoms with Crippen LogP contribution in [0.15, 0.2) is 4.34 Å². The predicted molar refractivity (Wildman–Crippen MR) is 75.1 cm³/mol. The third-order valence-electron chi connectivity index (χ3n) is 2.83. The van der Waals surface area contributed by atoms with Crippen LogP contribution < -0.4 is 4.90 Å². The van der Waals surface area contributed by atoms with E-state index in [0.29, 0.717) is 10.4 Å². The summed E-state index contributed by atoms with van der Waals surface area (Å²) >= 11 is 2.67. The number of thioether (sulfide) groups is 1. The minimum atomic E-state index is -0.834. The number of hydrogen-bond acceptors (Lipinski definition) is 7. The van der Waals surface area contributed by atoms with Crippen LogP contribution >= 0.6 is 23.1 Å². The number of piperidine rings is 1. The van der Waals surface area contributed by atoms with Gasteiger partial charge >= 0.3 is 5.97 Å². The van der Waals surface area contributed by atoms with Crippen molar-refractivity contribution in [3.8, 4) is 0 Å². The Balaban J connectivity index is 1.84. The van der Waals surface area contributed by atoms with E-state index in [0.717, 1.165) is 37.7 Å². The number of carboxylic acids is 1. The molecule has 2 rings (SSSR count). The highest BCUT2D eigenvalue weighted by atomic mass is 32.2. The molecule has 1 aliphatic heterocycles. The molecule has 2 heterocycles. The van der Waals surface area contributed by atoms with Crippen molar-refractivity contribution in [3.63, 3.8) is 0 Å². The Morgan fingerprint density at radius 1 is 1.53 bits per heavy atom. The largest absolute Gasteiger partial charge is 0.481 e. The van der Waals surface area contributed by atoms with Crippen LogP contribution in [-0.4, -0.2) is 52.8 Å². The van der Waals surface area contributed by atoms with Crippen molar-refractivity contribution in [3.05, 3.63) is 0 Å². The molecule has 0 aliphatic carbocycles. The number of aromatic nitrogens is 2. The van der Waals surface area contributed by atoms with Gasteiger partial charge in [-0.05, 0) is 19.8 Å². The third-order valence-corrected chi connectivity index (χ3v) is 4.93. The summed E-state index contributed by atoms with van der Waals surface area (Å²) in [5, 5.41) is 17.6. The first-order chi connectivity index (χ1) is 9.19. The second-order valence-electron chi connectivity index (χ2n) is 4.17. The summed E-state index contributed by atoms with van der Waals surface area (Å²) in [7, 11) is 0. The molecule has 1 aromatic heterocycles. The molecule has 0 aromatic carbocycles. The first-order valence-corrected chi connectivity index (χ1v) is 8.04. The molecule has 1 aromatic rings. The molecule has 1 aliphatic rings. The van der Waals surface area contributed by atoms with Crippen molar-refractivity contribution in [2.75, 3.05) is 30.3 Å². The van der Waals surface area contributed by atoms with Gasteiger partial charge in [-0.3, -0.25) is 4.79 Å². The molecule has 0 bridgehead atoms. The third kappa shape index (κ3) is 4.32. The fourth-order valence-corrected chi connectivity index (χ4v) is 3.57. The number of hydrogen-bond donors (Lipinski definition) is 1. The molecule has 1 saturated heterocycles. The summed E-state index contributed by atoms with van der Waals surface area (Å²) < 4.78 is 6.32. The summed E-state index contributed by atoms with van der Waals surface area (Å²) in [6.07, 6.45) is 2.37. The van der Waals surface area contributed by atoms with Crippen molar-refractivity contribution < 1.29 is 14.6 Å². The lowest BCUT2D eigenvalue weighted by Crippen LogP contribution is -2.37. The lowest BCUT2D eigenvalue weighted by Gasteiger charge is -2.31. The van der Waals surface area contributed by atoms with E-state index in [4.69, 9.17) is 9.84 Å². The number of aliphatic carboxylic acids is 1. The van der Waals surface area contributed by atoms with Crippen LogP contribution in [0.4, 0.5) is 5.13 Å². The number of rotatable bonds is 6. The van der Waals surface area contributed by atoms with Gasteiger partial charge in [0.2, 0.25) is 5.13 Å². The summed E-state index contributed by atoms with van der Waals surface area (Å²) in [4.78, 5) is 12.7. The van der Waals surface area contributed by atoms with E-state index >= 15 is 0 Å². The number of nitrogens with zero attached hydrogens (tertiary/aromatic N) is 3. The van der Waals surface area contributed by atoms with Gasteiger partial charge < -0.3 is 14.7 Å². The lowest BCUT2D eigenvalue weighted by atomic mass is 10.1. The Labute approximate surface area is 120 Å². The second kappa shape index (κ2) is 7.06. The van der Waals surface area contributed by atoms with Crippen LogP contribution in [0, 0.1) is 0 Å². The van der Waals surface area contributed by atoms with Crippen LogP contribution in [-0.2, 0) is 9.53 Å². The average molecular weight is 303 g/mol. The zero-order valence-corrected chi connectivity index (χ0v) is 12.4. The van der Waals surface area contributed by atoms with Gasteiger partial charge in [-0.15, -0.1) is 10.2 Å². The Bertz CT molecular complexity index is 419. The highest BCUT2D eigenvalue weighted by Gasteiger charge is 2.22. The maximum Gasteiger partial charge on any atom is 0.313 e. The molecular weight excluding hydrogens is 286 g/mol. The standard InChI is InChI=1S/C11H17N3O3S2/c1-2-17-8-3-5-14(6-4-8)10-12-13-11(19-10)18-7-9(15)16/h8H,2-7H2,1H3,(H,15,16). The van der Waals surface area contributed by atoms with Crippen LogP contribution in [0.5, 0.6) is 0 Å². The molecule has 1 fully saturated rings. The average Bonchev–Trinajstić information content (AvgIpc) is 2.86. The van der Waals surface area contributed by atoms with Crippen molar-refractivity contribution >= 4 is 34.2 Å². The van der Waals surface area contributed by atoms with Gasteiger partial charge in [0.25, 0.3) is 0 Å². The molecule has 8 heteroatoms. The van der Waals surface area contributed by atoms with E-state index in [-0.39, 0.29) is 5.75 Å². The van der Waals surface area contributed by atoms with Crippen molar-refractivity contribution in [1.29, 1.82) is 0 Å². The highest BCUT2D eigenvalue weighted by molar-refractivity contribution is 8.01. The minimum Gasteiger partial charge on any atom is -0.481 e. The van der Waals surface area contributed by atoms with E-state index < -0.39 is 5.97 Å². The number of anilines is 1. The Morgan fingerprint density at radius 3 is 2.89 bits per heavy atom. The van der Waals surface area contributed by atoms with Gasteiger partial charge in [-0.1, -0.05) is 23.1 Å². The summed E-state index contributed by atoms with van der Waals surface area (Å²) in [5.41, 5.74) is 0. The molecule has 0 atom stereocenters. The van der Waals surface area contributed by atoms with E-state index in [1.54, 1.807) is 0 Å². The number of carbonyl (C=O) groups is 1. The van der Waals surface area contributed by atoms with E-state index in [2.05, 4.69) is 15.1 Å². The van der Waals surface area contributed by atoms with Crippen molar-refractivity contribution in [2.24, 2.45) is 0 Å². The first-order valence-electron chi connectivity index (χ1n) is 6.23. The smallest absolute Gasteiger partial charge is 0.313 e. The van der Waals surface area contributed by atoms with Gasteiger partial charge in [0.15, 0.2) is 4.34 Å². The molecule has 0 unspecified atom stereocenters. The molecule has 0 amide bonds. The highest BCUT2D eigenvalue weighted by Crippen LogP contribution is 2.29. The Morgan fingerprint density at radius 2 is 2.26 bits per heavy atom. The lowest BCUT2D eigenvalue weighted by molar-refractivity contribution is -0.133. The maximum atomic E-state index is 10.5. The molecule has 0 radical (unpaired) electrons. The first kappa shape index (κ1) is 14.5. The topological polar surface area (TPSA) is 75.5 Å². The summed E-state index contributed by atoms with van der Waals surface area (Å²) in [5.74, 6) is -0.805. The summed E-state index contributed by atoms with van der Waals surface area (Å²) in [6.45, 7) is 4.62. The molecule has 1 N–H and O–H groups in total. The van der Waals surface area contributed by atoms with Crippen molar-refractivity contribution in [2.45, 2.75) is 30.2 Å². The quantitative estimate of drug-likeness (QED) is 0.802. The van der Waals surface area contributed by atoms with Crippen molar-refractivity contribution in [1.82, 2.24) is 10.2 Å². The van der Waals surface area contributed by atoms with Gasteiger partial charge in [0, 0.05) is 19.7 Å². The Kier molecular flexibility index (Phi) is 5.41. The van der Waals surface area contributed by atoms with Gasteiger partial charge in [0.1, 0.15) is 0 Å². The van der Waals surface area contributed by atoms with E-state index in [1.807, 2.05) is 6.92 Å². The van der Waals surface area contributed by atoms with Crippen LogP contribution in [0.1, 0.15) is 19.8 Å². The number of ether oxygens (including phenoxy) is 1. The van der Waals surface area contributed by atoms with Crippen LogP contribution in [0.25, 0.3) is 0 Å². The van der Waals surface area contributed by atoms with Crippen LogP contribution in [0.2, 0.25) is 0 Å². The molecule has 6 nitrogen and oxygen atoms in total. The van der Waals surface area contributed by atoms with Crippen LogP contribution in [0.3, 0.4) is 0 Å². The normalized spacial score (nSPS) is 16.8. The monoisotopic (exact) mass is 303 g/mol. The number of carboxylic acid groups (broad SMARTS) is 1. The molecule has 19 heavy (non-hydrogen) atoms. The molecule has 0 spiro atoms. The van der Waals surface area contributed by atoms with E-state index in [9.17, 15) is 4.79 Å². The second-order valence-corrected chi connectivity index (χ2v) is 6.35. The molecule has 106 valence electrons. The predicted octanol–water partition coefficient (Wildman–Crippen LogP) is 1.72. The molecular formula is C11H17N3O3S2. The maximum absolute atomic E-state index is 10.5. The summed E-state index contributed by atoms with van der Waals surface area (Å²) in [6, 6.07) is 0. The van der Waals surface area contributed by atoms with Gasteiger partial charge in [-0.25, -0.2) is 0 Å². The molecule has 0 saturated carbocycles. The van der Waals surface area contributed by atoms with Gasteiger partial charge in [-0.2, -0.15) is 0 Å². The fourth-order valence-electron chi connectivity index (χ4n) is 1.96. The minimum absolute atomic E-state index is 0.0288. The van der Waals surface area contributed by atoms with Gasteiger partial charge in [0.05, 0.1) is 11.9 Å². The zero-order chi connectivity index (χ0) is 13.7. The fraction of sp³-hybridized carbons (Fsp3) is 0.727.